The van der Waals surface area contributed by atoms with E-state index in [1.807, 2.05) is 43.8 Å². The molecule has 0 radical (unpaired) electrons. The van der Waals surface area contributed by atoms with Crippen LogP contribution in [0, 0.1) is 6.92 Å². The highest BCUT2D eigenvalue weighted by Crippen LogP contribution is 2.19. The molecule has 0 spiro atoms. The molecule has 2 rings (SSSR count). The average molecular weight is 216 g/mol. The molecule has 1 unspecified atom stereocenters. The zero-order chi connectivity index (χ0) is 11.5. The molecule has 1 heterocycles. The van der Waals surface area contributed by atoms with Crippen LogP contribution in [0.5, 0.6) is 0 Å². The molecule has 0 saturated heterocycles. The van der Waals surface area contributed by atoms with Crippen LogP contribution in [0.1, 0.15) is 23.3 Å². The van der Waals surface area contributed by atoms with E-state index in [9.17, 15) is 0 Å². The molecule has 16 heavy (non-hydrogen) atoms. The molecule has 1 aromatic heterocycles. The largest absolute Gasteiger partial charge is 0.317 e. The fourth-order valence-electron chi connectivity index (χ4n) is 1.77. The van der Waals surface area contributed by atoms with Crippen LogP contribution in [0.4, 0.5) is 0 Å². The summed E-state index contributed by atoms with van der Waals surface area (Å²) < 4.78 is 2.01. The Kier molecular flexibility index (Phi) is 3.01. The van der Waals surface area contributed by atoms with E-state index >= 15 is 0 Å². The maximum Gasteiger partial charge on any atom is 0.154 e. The molecule has 84 valence electrons. The van der Waals surface area contributed by atoms with Crippen molar-refractivity contribution >= 4 is 0 Å². The minimum atomic E-state index is 0.0902. The first-order valence-electron chi connectivity index (χ1n) is 5.32. The Balaban J connectivity index is 2.41. The van der Waals surface area contributed by atoms with Gasteiger partial charge in [-0.25, -0.2) is 0 Å². The number of rotatable bonds is 3. The Morgan fingerprint density at radius 1 is 1.19 bits per heavy atom. The minimum absolute atomic E-state index is 0.0902. The first-order valence-corrected chi connectivity index (χ1v) is 5.32. The molecule has 2 aromatic rings. The Labute approximate surface area is 95.3 Å². The number of hydrogen-bond acceptors (Lipinski definition) is 3. The van der Waals surface area contributed by atoms with Crippen molar-refractivity contribution < 1.29 is 0 Å². The fraction of sp³-hybridized carbons (Fsp3) is 0.333. The molecule has 0 aliphatic carbocycles. The second-order valence-corrected chi connectivity index (χ2v) is 3.80. The van der Waals surface area contributed by atoms with Crippen molar-refractivity contribution in [1.82, 2.24) is 20.1 Å². The molecule has 1 N–H and O–H groups in total. The standard InChI is InChI=1S/C12H16N4/c1-9-14-15-12(16(9)3)11(13-2)10-7-5-4-6-8-10/h4-8,11,13H,1-3H3. The number of nitrogens with zero attached hydrogens (tertiary/aromatic N) is 3. The van der Waals surface area contributed by atoms with Crippen molar-refractivity contribution in [1.29, 1.82) is 0 Å². The molecule has 4 nitrogen and oxygen atoms in total. The van der Waals surface area contributed by atoms with Crippen molar-refractivity contribution in [3.05, 3.63) is 47.5 Å². The SMILES string of the molecule is CNC(c1ccccc1)c1nnc(C)n1C. The summed E-state index contributed by atoms with van der Waals surface area (Å²) >= 11 is 0. The lowest BCUT2D eigenvalue weighted by atomic mass is 10.1. The maximum absolute atomic E-state index is 4.21. The molecule has 0 amide bonds. The summed E-state index contributed by atoms with van der Waals surface area (Å²) in [5.41, 5.74) is 1.19. The van der Waals surface area contributed by atoms with Crippen LogP contribution < -0.4 is 5.32 Å². The Morgan fingerprint density at radius 2 is 1.88 bits per heavy atom. The average Bonchev–Trinajstić information content (AvgIpc) is 2.64. The summed E-state index contributed by atoms with van der Waals surface area (Å²) in [7, 11) is 3.92. The molecule has 1 atom stereocenters. The monoisotopic (exact) mass is 216 g/mol. The van der Waals surface area contributed by atoms with Crippen LogP contribution in [-0.2, 0) is 7.05 Å². The number of hydrogen-bond donors (Lipinski definition) is 1. The Hall–Kier alpha value is -1.68. The van der Waals surface area contributed by atoms with Crippen LogP contribution in [0.25, 0.3) is 0 Å². The van der Waals surface area contributed by atoms with E-state index in [4.69, 9.17) is 0 Å². The van der Waals surface area contributed by atoms with Gasteiger partial charge in [-0.15, -0.1) is 10.2 Å². The van der Waals surface area contributed by atoms with E-state index in [-0.39, 0.29) is 6.04 Å². The highest BCUT2D eigenvalue weighted by molar-refractivity contribution is 5.24. The van der Waals surface area contributed by atoms with E-state index < -0.39 is 0 Å². The Morgan fingerprint density at radius 3 is 2.38 bits per heavy atom. The third-order valence-electron chi connectivity index (χ3n) is 2.81. The smallest absolute Gasteiger partial charge is 0.154 e. The van der Waals surface area contributed by atoms with Crippen LogP contribution in [0.15, 0.2) is 30.3 Å². The van der Waals surface area contributed by atoms with Gasteiger partial charge in [0.1, 0.15) is 5.82 Å². The van der Waals surface area contributed by atoms with E-state index in [2.05, 4.69) is 27.6 Å². The van der Waals surface area contributed by atoms with Gasteiger partial charge >= 0.3 is 0 Å². The van der Waals surface area contributed by atoms with Gasteiger partial charge in [0.05, 0.1) is 6.04 Å². The second-order valence-electron chi connectivity index (χ2n) is 3.80. The van der Waals surface area contributed by atoms with Crippen LogP contribution in [-0.4, -0.2) is 21.8 Å². The van der Waals surface area contributed by atoms with Crippen molar-refractivity contribution in [3.8, 4) is 0 Å². The minimum Gasteiger partial charge on any atom is -0.317 e. The van der Waals surface area contributed by atoms with Crippen molar-refractivity contribution in [2.24, 2.45) is 7.05 Å². The molecule has 0 aliphatic heterocycles. The maximum atomic E-state index is 4.21. The normalized spacial score (nSPS) is 12.7. The summed E-state index contributed by atoms with van der Waals surface area (Å²) in [6.45, 7) is 1.95. The zero-order valence-electron chi connectivity index (χ0n) is 9.81. The van der Waals surface area contributed by atoms with E-state index in [0.29, 0.717) is 0 Å². The predicted molar refractivity (Wildman–Crippen MR) is 63.1 cm³/mol. The van der Waals surface area contributed by atoms with Crippen molar-refractivity contribution in [2.45, 2.75) is 13.0 Å². The molecular formula is C12H16N4. The number of aromatic nitrogens is 3. The van der Waals surface area contributed by atoms with Gasteiger partial charge in [0.25, 0.3) is 0 Å². The molecule has 4 heteroatoms. The summed E-state index contributed by atoms with van der Waals surface area (Å²) in [5, 5.41) is 11.6. The Bertz CT molecular complexity index is 461. The number of nitrogens with one attached hydrogen (secondary N) is 1. The van der Waals surface area contributed by atoms with Crippen molar-refractivity contribution in [2.75, 3.05) is 7.05 Å². The zero-order valence-corrected chi connectivity index (χ0v) is 9.81. The highest BCUT2D eigenvalue weighted by Gasteiger charge is 2.17. The molecule has 0 saturated carbocycles. The molecule has 0 bridgehead atoms. The van der Waals surface area contributed by atoms with Gasteiger partial charge in [-0.1, -0.05) is 30.3 Å². The topological polar surface area (TPSA) is 42.7 Å². The lowest BCUT2D eigenvalue weighted by Gasteiger charge is -2.15. The summed E-state index contributed by atoms with van der Waals surface area (Å²) in [6, 6.07) is 10.3. The van der Waals surface area contributed by atoms with E-state index in [1.54, 1.807) is 0 Å². The van der Waals surface area contributed by atoms with Gasteiger partial charge in [-0.2, -0.15) is 0 Å². The van der Waals surface area contributed by atoms with Gasteiger partial charge in [-0.05, 0) is 19.5 Å². The van der Waals surface area contributed by atoms with Gasteiger partial charge in [0.2, 0.25) is 0 Å². The molecular weight excluding hydrogens is 200 g/mol. The van der Waals surface area contributed by atoms with Gasteiger partial charge in [0, 0.05) is 7.05 Å². The summed E-state index contributed by atoms with van der Waals surface area (Å²) in [4.78, 5) is 0. The third kappa shape index (κ3) is 1.84. The van der Waals surface area contributed by atoms with Crippen LogP contribution >= 0.6 is 0 Å². The van der Waals surface area contributed by atoms with E-state index in [1.165, 1.54) is 5.56 Å². The first kappa shape index (κ1) is 10.8. The van der Waals surface area contributed by atoms with Crippen LogP contribution in [0.2, 0.25) is 0 Å². The predicted octanol–water partition coefficient (Wildman–Crippen LogP) is 1.43. The lowest BCUT2D eigenvalue weighted by Crippen LogP contribution is -2.21. The first-order chi connectivity index (χ1) is 7.74. The summed E-state index contributed by atoms with van der Waals surface area (Å²) in [5.74, 6) is 1.86. The molecule has 0 fully saturated rings. The van der Waals surface area contributed by atoms with Gasteiger partial charge in [-0.3, -0.25) is 0 Å². The van der Waals surface area contributed by atoms with Gasteiger partial charge in [0.15, 0.2) is 5.82 Å². The van der Waals surface area contributed by atoms with Crippen molar-refractivity contribution in [3.63, 3.8) is 0 Å². The summed E-state index contributed by atoms with van der Waals surface area (Å²) in [6.07, 6.45) is 0. The van der Waals surface area contributed by atoms with Crippen LogP contribution in [0.3, 0.4) is 0 Å². The molecule has 1 aromatic carbocycles. The molecule has 0 aliphatic rings. The highest BCUT2D eigenvalue weighted by atomic mass is 15.3. The number of benzene rings is 1. The van der Waals surface area contributed by atoms with Gasteiger partial charge < -0.3 is 9.88 Å². The number of aryl methyl sites for hydroxylation is 1. The quantitative estimate of drug-likeness (QED) is 0.844. The second kappa shape index (κ2) is 4.45. The van der Waals surface area contributed by atoms with E-state index in [0.717, 1.165) is 11.6 Å². The fourth-order valence-corrected chi connectivity index (χ4v) is 1.77. The third-order valence-corrected chi connectivity index (χ3v) is 2.81. The lowest BCUT2D eigenvalue weighted by molar-refractivity contribution is 0.612.